The van der Waals surface area contributed by atoms with Gasteiger partial charge in [0, 0.05) is 50.1 Å². The molecule has 0 unspecified atom stereocenters. The molecule has 0 radical (unpaired) electrons. The number of nitro groups is 1. The van der Waals surface area contributed by atoms with E-state index in [1.54, 1.807) is 19.2 Å². The molecule has 9 nitrogen and oxygen atoms in total. The molecule has 0 saturated carbocycles. The summed E-state index contributed by atoms with van der Waals surface area (Å²) in [5.41, 5.74) is 4.01. The first-order valence-corrected chi connectivity index (χ1v) is 15.2. The van der Waals surface area contributed by atoms with Gasteiger partial charge in [0.25, 0.3) is 5.69 Å². The Labute approximate surface area is 262 Å². The van der Waals surface area contributed by atoms with Crippen molar-refractivity contribution in [1.82, 2.24) is 0 Å². The summed E-state index contributed by atoms with van der Waals surface area (Å²) < 4.78 is 21.4. The lowest BCUT2D eigenvalue weighted by Gasteiger charge is -2.23. The van der Waals surface area contributed by atoms with E-state index < -0.39 is 10.9 Å². The van der Waals surface area contributed by atoms with Crippen LogP contribution in [0.3, 0.4) is 0 Å². The van der Waals surface area contributed by atoms with Gasteiger partial charge < -0.3 is 23.8 Å². The van der Waals surface area contributed by atoms with Crippen LogP contribution in [0.5, 0.6) is 5.75 Å². The first kappa shape index (κ1) is 34.1. The molecule has 3 aromatic rings. The number of esters is 1. The quantitative estimate of drug-likeness (QED) is 0.0448. The maximum absolute atomic E-state index is 12.5. The molecular weight excluding hydrogens is 595 g/mol. The van der Waals surface area contributed by atoms with Crippen LogP contribution in [0.1, 0.15) is 24.0 Å². The molecule has 3 aromatic carbocycles. The fraction of sp³-hybridized carbons (Fsp3) is 0.406. The summed E-state index contributed by atoms with van der Waals surface area (Å²) in [6.45, 7) is 3.15. The van der Waals surface area contributed by atoms with Crippen LogP contribution in [-0.2, 0) is 32.0 Å². The highest BCUT2D eigenvalue weighted by Crippen LogP contribution is 2.29. The highest BCUT2D eigenvalue weighted by molar-refractivity contribution is 6.18. The summed E-state index contributed by atoms with van der Waals surface area (Å²) in [5.74, 6) is 1.32. The van der Waals surface area contributed by atoms with Gasteiger partial charge in [-0.3, -0.25) is 14.9 Å². The molecule has 3 rings (SSSR count). The van der Waals surface area contributed by atoms with E-state index in [9.17, 15) is 14.9 Å². The second kappa shape index (κ2) is 19.0. The predicted octanol–water partition coefficient (Wildman–Crippen LogP) is 6.65. The van der Waals surface area contributed by atoms with Crippen LogP contribution < -0.4 is 9.64 Å². The standard InChI is InChI=1S/C32H38Cl2N2O7/c1-40-19-20-41-21-22-42-30-12-7-26(8-13-30)27-9-14-31(36(38)39)28(23-27)24-43-32(37)4-2-3-25-5-10-29(11-6-25)35(17-15-33)18-16-34/h5-14,23H,2-4,15-22,24H2,1H3. The number of carbonyl (C=O) groups is 1. The Kier molecular flexibility index (Phi) is 15.1. The van der Waals surface area contributed by atoms with Crippen LogP contribution in [0, 0.1) is 10.1 Å². The fourth-order valence-electron chi connectivity index (χ4n) is 4.38. The molecule has 0 saturated heterocycles. The van der Waals surface area contributed by atoms with Gasteiger partial charge in [-0.05, 0) is 65.9 Å². The smallest absolute Gasteiger partial charge is 0.306 e. The molecule has 43 heavy (non-hydrogen) atoms. The van der Waals surface area contributed by atoms with Gasteiger partial charge in [0.05, 0.1) is 30.3 Å². The number of benzene rings is 3. The second-order valence-electron chi connectivity index (χ2n) is 9.62. The third-order valence-electron chi connectivity index (χ3n) is 6.64. The van der Waals surface area contributed by atoms with Crippen LogP contribution in [0.2, 0.25) is 0 Å². The number of hydrogen-bond donors (Lipinski definition) is 0. The summed E-state index contributed by atoms with van der Waals surface area (Å²) in [7, 11) is 1.62. The van der Waals surface area contributed by atoms with Gasteiger partial charge in [-0.25, -0.2) is 0 Å². The first-order valence-electron chi connectivity index (χ1n) is 14.1. The van der Waals surface area contributed by atoms with E-state index >= 15 is 0 Å². The molecule has 0 bridgehead atoms. The Balaban J connectivity index is 1.51. The van der Waals surface area contributed by atoms with E-state index in [0.29, 0.717) is 75.4 Å². The number of aryl methyl sites for hydroxylation is 1. The molecule has 0 fully saturated rings. The van der Waals surface area contributed by atoms with Crippen LogP contribution in [0.4, 0.5) is 11.4 Å². The maximum atomic E-state index is 12.5. The molecule has 0 heterocycles. The number of carbonyl (C=O) groups excluding carboxylic acids is 1. The van der Waals surface area contributed by atoms with Crippen molar-refractivity contribution in [1.29, 1.82) is 0 Å². The zero-order chi connectivity index (χ0) is 30.9. The number of nitrogens with zero attached hydrogens (tertiary/aromatic N) is 2. The molecule has 0 aliphatic heterocycles. The van der Waals surface area contributed by atoms with Gasteiger partial charge in [-0.1, -0.05) is 24.3 Å². The SMILES string of the molecule is COCCOCCOc1ccc(-c2ccc([N+](=O)[O-])c(COC(=O)CCCc3ccc(N(CCCl)CCCl)cc3)c2)cc1. The van der Waals surface area contributed by atoms with Gasteiger partial charge in [0.2, 0.25) is 0 Å². The molecule has 0 atom stereocenters. The van der Waals surface area contributed by atoms with E-state index in [1.807, 2.05) is 48.5 Å². The Hall–Kier alpha value is -3.37. The number of alkyl halides is 2. The number of hydrogen-bond acceptors (Lipinski definition) is 8. The zero-order valence-corrected chi connectivity index (χ0v) is 25.9. The predicted molar refractivity (Wildman–Crippen MR) is 170 cm³/mol. The van der Waals surface area contributed by atoms with Crippen molar-refractivity contribution >= 4 is 40.5 Å². The number of rotatable bonds is 20. The Morgan fingerprint density at radius 1 is 0.884 bits per heavy atom. The number of nitro benzene ring substituents is 1. The number of ether oxygens (including phenoxy) is 4. The minimum absolute atomic E-state index is 0.0950. The summed E-state index contributed by atoms with van der Waals surface area (Å²) in [4.78, 5) is 25.8. The molecule has 0 aromatic heterocycles. The topological polar surface area (TPSA) is 100 Å². The van der Waals surface area contributed by atoms with E-state index in [4.69, 9.17) is 42.1 Å². The van der Waals surface area contributed by atoms with E-state index in [1.165, 1.54) is 6.07 Å². The molecular formula is C32H38Cl2N2O7. The molecule has 232 valence electrons. The number of halogens is 2. The molecule has 0 amide bonds. The van der Waals surface area contributed by atoms with Crippen molar-refractivity contribution in [2.45, 2.75) is 25.9 Å². The van der Waals surface area contributed by atoms with Crippen LogP contribution in [0.15, 0.2) is 66.7 Å². The molecule has 0 N–H and O–H groups in total. The van der Waals surface area contributed by atoms with Crippen molar-refractivity contribution < 1.29 is 28.7 Å². The van der Waals surface area contributed by atoms with E-state index in [0.717, 1.165) is 22.4 Å². The lowest BCUT2D eigenvalue weighted by Crippen LogP contribution is -2.27. The third-order valence-corrected chi connectivity index (χ3v) is 6.98. The highest BCUT2D eigenvalue weighted by Gasteiger charge is 2.17. The maximum Gasteiger partial charge on any atom is 0.306 e. The zero-order valence-electron chi connectivity index (χ0n) is 24.3. The van der Waals surface area contributed by atoms with Crippen LogP contribution in [-0.4, -0.2) is 69.3 Å². The lowest BCUT2D eigenvalue weighted by molar-refractivity contribution is -0.385. The van der Waals surface area contributed by atoms with Crippen molar-refractivity contribution in [3.63, 3.8) is 0 Å². The van der Waals surface area contributed by atoms with Crippen LogP contribution >= 0.6 is 23.2 Å². The van der Waals surface area contributed by atoms with Crippen molar-refractivity contribution in [2.24, 2.45) is 0 Å². The van der Waals surface area contributed by atoms with Crippen LogP contribution in [0.25, 0.3) is 11.1 Å². The average Bonchev–Trinajstić information content (AvgIpc) is 3.02. The van der Waals surface area contributed by atoms with Crippen molar-refractivity contribution in [3.05, 3.63) is 88.0 Å². The fourth-order valence-corrected chi connectivity index (χ4v) is 4.79. The Morgan fingerprint density at radius 3 is 2.21 bits per heavy atom. The summed E-state index contributed by atoms with van der Waals surface area (Å²) in [6, 6.07) is 20.3. The number of anilines is 1. The van der Waals surface area contributed by atoms with E-state index in [-0.39, 0.29) is 18.7 Å². The summed E-state index contributed by atoms with van der Waals surface area (Å²) >= 11 is 11.8. The van der Waals surface area contributed by atoms with Gasteiger partial charge in [0.1, 0.15) is 19.0 Å². The highest BCUT2D eigenvalue weighted by atomic mass is 35.5. The molecule has 11 heteroatoms. The lowest BCUT2D eigenvalue weighted by atomic mass is 10.0. The molecule has 0 aliphatic carbocycles. The van der Waals surface area contributed by atoms with Crippen molar-refractivity contribution in [2.75, 3.05) is 63.3 Å². The molecule has 0 aliphatic rings. The second-order valence-corrected chi connectivity index (χ2v) is 10.4. The largest absolute Gasteiger partial charge is 0.491 e. The van der Waals surface area contributed by atoms with Gasteiger partial charge in [-0.15, -0.1) is 23.2 Å². The third kappa shape index (κ3) is 11.7. The Bertz CT molecular complexity index is 1270. The summed E-state index contributed by atoms with van der Waals surface area (Å²) in [5, 5.41) is 11.6. The van der Waals surface area contributed by atoms with Crippen molar-refractivity contribution in [3.8, 4) is 16.9 Å². The Morgan fingerprint density at radius 2 is 1.56 bits per heavy atom. The van der Waals surface area contributed by atoms with Gasteiger partial charge >= 0.3 is 5.97 Å². The number of methoxy groups -OCH3 is 1. The van der Waals surface area contributed by atoms with Gasteiger partial charge in [-0.2, -0.15) is 0 Å². The average molecular weight is 634 g/mol. The normalized spacial score (nSPS) is 10.9. The minimum atomic E-state index is -0.469. The van der Waals surface area contributed by atoms with E-state index in [2.05, 4.69) is 4.90 Å². The monoisotopic (exact) mass is 632 g/mol. The first-order chi connectivity index (χ1) is 20.9. The summed E-state index contributed by atoms with van der Waals surface area (Å²) in [6.07, 6.45) is 1.51. The molecule has 0 spiro atoms. The minimum Gasteiger partial charge on any atom is -0.491 e. The van der Waals surface area contributed by atoms with Gasteiger partial charge in [0.15, 0.2) is 0 Å².